The van der Waals surface area contributed by atoms with Crippen molar-refractivity contribution in [2.45, 2.75) is 96.8 Å². The van der Waals surface area contributed by atoms with Crippen molar-refractivity contribution in [2.75, 3.05) is 6.61 Å². The summed E-state index contributed by atoms with van der Waals surface area (Å²) in [6, 6.07) is 5.01. The van der Waals surface area contributed by atoms with E-state index in [-0.39, 0.29) is 11.3 Å². The van der Waals surface area contributed by atoms with Gasteiger partial charge in [0, 0.05) is 0 Å². The fourth-order valence-electron chi connectivity index (χ4n) is 3.23. The maximum Gasteiger partial charge on any atom is 0.168 e. The maximum atomic E-state index is 10.8. The van der Waals surface area contributed by atoms with Gasteiger partial charge in [-0.3, -0.25) is 4.79 Å². The Hall–Kier alpha value is -1.51. The van der Waals surface area contributed by atoms with Gasteiger partial charge in [0.1, 0.15) is 0 Å². The SMILES string of the molecule is CCCCCCCCCCCCCCCCOc1cccc(C=O)c1O. The molecule has 0 fully saturated rings. The molecule has 0 aromatic heterocycles. The molecule has 3 nitrogen and oxygen atoms in total. The third-order valence-corrected chi connectivity index (χ3v) is 4.91. The van der Waals surface area contributed by atoms with Crippen LogP contribution in [0.5, 0.6) is 11.5 Å². The number of carbonyl (C=O) groups is 1. The molecule has 0 bridgehead atoms. The van der Waals surface area contributed by atoms with E-state index in [1.54, 1.807) is 18.2 Å². The number of para-hydroxylation sites is 1. The number of aromatic hydroxyl groups is 1. The van der Waals surface area contributed by atoms with E-state index < -0.39 is 0 Å². The van der Waals surface area contributed by atoms with Gasteiger partial charge in [0.05, 0.1) is 12.2 Å². The van der Waals surface area contributed by atoms with Gasteiger partial charge in [-0.2, -0.15) is 0 Å². The molecule has 0 atom stereocenters. The summed E-state index contributed by atoms with van der Waals surface area (Å²) in [7, 11) is 0. The lowest BCUT2D eigenvalue weighted by atomic mass is 10.0. The summed E-state index contributed by atoms with van der Waals surface area (Å²) >= 11 is 0. The third kappa shape index (κ3) is 10.5. The highest BCUT2D eigenvalue weighted by molar-refractivity contribution is 5.80. The van der Waals surface area contributed by atoms with Crippen LogP contribution >= 0.6 is 0 Å². The first kappa shape index (κ1) is 22.5. The molecular formula is C23H38O3. The first-order valence-corrected chi connectivity index (χ1v) is 10.7. The van der Waals surface area contributed by atoms with Crippen molar-refractivity contribution >= 4 is 6.29 Å². The summed E-state index contributed by atoms with van der Waals surface area (Å²) in [5.74, 6) is 0.358. The van der Waals surface area contributed by atoms with Crippen molar-refractivity contribution in [3.8, 4) is 11.5 Å². The van der Waals surface area contributed by atoms with Crippen LogP contribution in [0, 0.1) is 0 Å². The standard InChI is InChI=1S/C23H38O3/c1-2-3-4-5-6-7-8-9-10-11-12-13-14-15-19-26-22-18-16-17-21(20-24)23(22)25/h16-18,20,25H,2-15,19H2,1H3. The quantitative estimate of drug-likeness (QED) is 0.238. The molecule has 0 aliphatic heterocycles. The summed E-state index contributed by atoms with van der Waals surface area (Å²) in [5, 5.41) is 9.85. The largest absolute Gasteiger partial charge is 0.504 e. The molecule has 26 heavy (non-hydrogen) atoms. The molecule has 1 aromatic carbocycles. The Balaban J connectivity index is 1.87. The zero-order chi connectivity index (χ0) is 18.9. The van der Waals surface area contributed by atoms with Crippen LogP contribution in [0.25, 0.3) is 0 Å². The van der Waals surface area contributed by atoms with Gasteiger partial charge in [0.2, 0.25) is 0 Å². The Kier molecular flexibility index (Phi) is 13.6. The van der Waals surface area contributed by atoms with Gasteiger partial charge in [-0.15, -0.1) is 0 Å². The van der Waals surface area contributed by atoms with Crippen LogP contribution in [0.3, 0.4) is 0 Å². The van der Waals surface area contributed by atoms with Crippen molar-refractivity contribution < 1.29 is 14.6 Å². The van der Waals surface area contributed by atoms with Gasteiger partial charge in [-0.1, -0.05) is 96.5 Å². The van der Waals surface area contributed by atoms with E-state index in [0.29, 0.717) is 18.6 Å². The fraction of sp³-hybridized carbons (Fsp3) is 0.696. The van der Waals surface area contributed by atoms with Gasteiger partial charge < -0.3 is 9.84 Å². The molecule has 0 radical (unpaired) electrons. The second-order valence-corrected chi connectivity index (χ2v) is 7.26. The number of carbonyl (C=O) groups excluding carboxylic acids is 1. The van der Waals surface area contributed by atoms with Crippen LogP contribution in [0.2, 0.25) is 0 Å². The van der Waals surface area contributed by atoms with Crippen LogP contribution in [-0.2, 0) is 0 Å². The van der Waals surface area contributed by atoms with E-state index in [1.807, 2.05) is 0 Å². The summed E-state index contributed by atoms with van der Waals surface area (Å²) in [5.41, 5.74) is 0.281. The lowest BCUT2D eigenvalue weighted by Crippen LogP contribution is -1.98. The zero-order valence-electron chi connectivity index (χ0n) is 16.7. The van der Waals surface area contributed by atoms with Crippen LogP contribution in [0.1, 0.15) is 107 Å². The second-order valence-electron chi connectivity index (χ2n) is 7.26. The van der Waals surface area contributed by atoms with E-state index in [2.05, 4.69) is 6.92 Å². The Morgan fingerprint density at radius 3 is 1.81 bits per heavy atom. The zero-order valence-corrected chi connectivity index (χ0v) is 16.7. The highest BCUT2D eigenvalue weighted by Crippen LogP contribution is 2.28. The molecule has 1 aromatic rings. The smallest absolute Gasteiger partial charge is 0.168 e. The third-order valence-electron chi connectivity index (χ3n) is 4.91. The molecule has 0 saturated heterocycles. The number of phenols is 1. The van der Waals surface area contributed by atoms with E-state index in [9.17, 15) is 9.90 Å². The number of benzene rings is 1. The Morgan fingerprint density at radius 2 is 1.31 bits per heavy atom. The van der Waals surface area contributed by atoms with E-state index in [1.165, 1.54) is 77.0 Å². The number of hydrogen-bond acceptors (Lipinski definition) is 3. The molecule has 1 rings (SSSR count). The van der Waals surface area contributed by atoms with Crippen LogP contribution in [0.4, 0.5) is 0 Å². The first-order valence-electron chi connectivity index (χ1n) is 10.7. The first-order chi connectivity index (χ1) is 12.8. The molecular weight excluding hydrogens is 324 g/mol. The minimum atomic E-state index is -0.0483. The number of ether oxygens (including phenoxy) is 1. The summed E-state index contributed by atoms with van der Waals surface area (Å²) in [4.78, 5) is 10.8. The van der Waals surface area contributed by atoms with E-state index in [0.717, 1.165) is 12.8 Å². The molecule has 0 spiro atoms. The van der Waals surface area contributed by atoms with Gasteiger partial charge in [0.15, 0.2) is 17.8 Å². The minimum Gasteiger partial charge on any atom is -0.504 e. The van der Waals surface area contributed by atoms with Crippen molar-refractivity contribution in [1.29, 1.82) is 0 Å². The highest BCUT2D eigenvalue weighted by Gasteiger charge is 2.06. The van der Waals surface area contributed by atoms with E-state index >= 15 is 0 Å². The van der Waals surface area contributed by atoms with Gasteiger partial charge in [-0.25, -0.2) is 0 Å². The van der Waals surface area contributed by atoms with Gasteiger partial charge in [-0.05, 0) is 18.6 Å². The van der Waals surface area contributed by atoms with Crippen molar-refractivity contribution in [3.05, 3.63) is 23.8 Å². The molecule has 0 unspecified atom stereocenters. The Bertz CT molecular complexity index is 471. The van der Waals surface area contributed by atoms with Crippen LogP contribution < -0.4 is 4.74 Å². The number of rotatable bonds is 17. The topological polar surface area (TPSA) is 46.5 Å². The second kappa shape index (κ2) is 15.7. The fourth-order valence-corrected chi connectivity index (χ4v) is 3.23. The Morgan fingerprint density at radius 1 is 0.808 bits per heavy atom. The highest BCUT2D eigenvalue weighted by atomic mass is 16.5. The number of aldehydes is 1. The lowest BCUT2D eigenvalue weighted by molar-refractivity contribution is 0.112. The lowest BCUT2D eigenvalue weighted by Gasteiger charge is -2.09. The molecule has 1 N–H and O–H groups in total. The van der Waals surface area contributed by atoms with Crippen molar-refractivity contribution in [1.82, 2.24) is 0 Å². The van der Waals surface area contributed by atoms with Crippen molar-refractivity contribution in [3.63, 3.8) is 0 Å². The molecule has 0 amide bonds. The molecule has 148 valence electrons. The molecule has 0 heterocycles. The predicted molar refractivity (Wildman–Crippen MR) is 109 cm³/mol. The van der Waals surface area contributed by atoms with E-state index in [4.69, 9.17) is 4.74 Å². The monoisotopic (exact) mass is 362 g/mol. The maximum absolute atomic E-state index is 10.8. The minimum absolute atomic E-state index is 0.0483. The van der Waals surface area contributed by atoms with Crippen LogP contribution in [-0.4, -0.2) is 18.0 Å². The number of unbranched alkanes of at least 4 members (excludes halogenated alkanes) is 13. The summed E-state index contributed by atoms with van der Waals surface area (Å²) in [6.45, 7) is 2.86. The Labute approximate surface area is 160 Å². The molecule has 0 aliphatic rings. The average Bonchev–Trinajstić information content (AvgIpc) is 2.66. The average molecular weight is 363 g/mol. The molecule has 3 heteroatoms. The summed E-state index contributed by atoms with van der Waals surface area (Å²) in [6.07, 6.45) is 19.3. The number of phenolic OH excluding ortho intramolecular Hbond substituents is 1. The normalized spacial score (nSPS) is 10.8. The van der Waals surface area contributed by atoms with Crippen LogP contribution in [0.15, 0.2) is 18.2 Å². The molecule has 0 saturated carbocycles. The molecule has 0 aliphatic carbocycles. The number of hydrogen-bond donors (Lipinski definition) is 1. The van der Waals surface area contributed by atoms with Gasteiger partial charge in [0.25, 0.3) is 0 Å². The predicted octanol–water partition coefficient (Wildman–Crippen LogP) is 7.06. The summed E-state index contributed by atoms with van der Waals surface area (Å²) < 4.78 is 5.58. The van der Waals surface area contributed by atoms with Gasteiger partial charge >= 0.3 is 0 Å². The van der Waals surface area contributed by atoms with Crippen molar-refractivity contribution in [2.24, 2.45) is 0 Å².